The molecule has 0 atom stereocenters. The molecule has 0 unspecified atom stereocenters. The highest BCUT2D eigenvalue weighted by Gasteiger charge is 2.42. The van der Waals surface area contributed by atoms with Crippen molar-refractivity contribution in [1.29, 1.82) is 0 Å². The van der Waals surface area contributed by atoms with Crippen molar-refractivity contribution in [1.82, 2.24) is 14.9 Å². The first kappa shape index (κ1) is 16.0. The lowest BCUT2D eigenvalue weighted by atomic mass is 9.69. The van der Waals surface area contributed by atoms with Crippen LogP contribution in [0.5, 0.6) is 0 Å². The molecule has 0 bridgehead atoms. The Balaban J connectivity index is 1.56. The molecule has 23 heavy (non-hydrogen) atoms. The highest BCUT2D eigenvalue weighted by Crippen LogP contribution is 2.41. The summed E-state index contributed by atoms with van der Waals surface area (Å²) in [6.45, 7) is 1.15. The smallest absolute Gasteiger partial charge is 0.324 e. The van der Waals surface area contributed by atoms with Crippen LogP contribution in [0.15, 0.2) is 12.3 Å². The molecule has 3 rings (SSSR count). The molecule has 1 aliphatic heterocycles. The van der Waals surface area contributed by atoms with Gasteiger partial charge in [-0.15, -0.1) is 0 Å². The number of anilines is 2. The van der Waals surface area contributed by atoms with Crippen LogP contribution in [0, 0.1) is 5.92 Å². The van der Waals surface area contributed by atoms with Gasteiger partial charge in [0, 0.05) is 33.4 Å². The maximum Gasteiger partial charge on any atom is 0.324 e. The van der Waals surface area contributed by atoms with Crippen molar-refractivity contribution < 1.29 is 9.90 Å². The third kappa shape index (κ3) is 3.39. The molecule has 0 spiro atoms. The molecule has 2 aliphatic rings. The van der Waals surface area contributed by atoms with Crippen LogP contribution in [0.2, 0.25) is 0 Å². The molecule has 126 valence electrons. The molecule has 2 heterocycles. The lowest BCUT2D eigenvalue weighted by Crippen LogP contribution is -2.52. The first-order valence-corrected chi connectivity index (χ1v) is 8.27. The number of nitrogens with one attached hydrogen (secondary N) is 1. The van der Waals surface area contributed by atoms with Gasteiger partial charge in [-0.05, 0) is 37.7 Å². The second kappa shape index (κ2) is 6.31. The average Bonchev–Trinajstić information content (AvgIpc) is 2.46. The fourth-order valence-corrected chi connectivity index (χ4v) is 3.28. The van der Waals surface area contributed by atoms with Crippen LogP contribution in [0.3, 0.4) is 0 Å². The summed E-state index contributed by atoms with van der Waals surface area (Å²) < 4.78 is 0. The highest BCUT2D eigenvalue weighted by atomic mass is 16.3. The highest BCUT2D eigenvalue weighted by molar-refractivity contribution is 5.87. The maximum absolute atomic E-state index is 12.4. The first-order valence-electron chi connectivity index (χ1n) is 8.27. The van der Waals surface area contributed by atoms with Crippen LogP contribution in [0.25, 0.3) is 0 Å². The van der Waals surface area contributed by atoms with Gasteiger partial charge in [-0.3, -0.25) is 5.32 Å². The van der Waals surface area contributed by atoms with Crippen molar-refractivity contribution in [2.24, 2.45) is 5.92 Å². The number of carbonyl (C=O) groups excluding carboxylic acids is 1. The van der Waals surface area contributed by atoms with Crippen molar-refractivity contribution in [3.05, 3.63) is 12.3 Å². The molecule has 1 aliphatic carbocycles. The van der Waals surface area contributed by atoms with E-state index in [1.807, 2.05) is 19.0 Å². The number of hydrogen-bond acceptors (Lipinski definition) is 5. The van der Waals surface area contributed by atoms with E-state index < -0.39 is 5.60 Å². The van der Waals surface area contributed by atoms with Gasteiger partial charge < -0.3 is 14.9 Å². The summed E-state index contributed by atoms with van der Waals surface area (Å²) in [5, 5.41) is 13.4. The number of urea groups is 1. The fourth-order valence-electron chi connectivity index (χ4n) is 3.28. The normalized spacial score (nSPS) is 20.7. The Bertz CT molecular complexity index is 565. The predicted molar refractivity (Wildman–Crippen MR) is 88.5 cm³/mol. The van der Waals surface area contributed by atoms with Crippen molar-refractivity contribution in [3.8, 4) is 0 Å². The average molecular weight is 319 g/mol. The fraction of sp³-hybridized carbons (Fsp3) is 0.688. The molecule has 2 fully saturated rings. The quantitative estimate of drug-likeness (QED) is 0.886. The summed E-state index contributed by atoms with van der Waals surface area (Å²) in [5.41, 5.74) is -0.573. The number of piperidine rings is 1. The molecule has 1 aromatic heterocycles. The van der Waals surface area contributed by atoms with Gasteiger partial charge in [0.1, 0.15) is 5.82 Å². The molecule has 1 aromatic rings. The summed E-state index contributed by atoms with van der Waals surface area (Å²) in [4.78, 5) is 24.3. The van der Waals surface area contributed by atoms with E-state index in [9.17, 15) is 9.90 Å². The molecule has 2 N–H and O–H groups in total. The Morgan fingerprint density at radius 1 is 1.39 bits per heavy atom. The number of likely N-dealkylation sites (tertiary alicyclic amines) is 1. The number of amides is 2. The first-order chi connectivity index (χ1) is 11.0. The molecule has 2 amide bonds. The lowest BCUT2D eigenvalue weighted by Gasteiger charge is -2.46. The van der Waals surface area contributed by atoms with E-state index in [0.29, 0.717) is 37.8 Å². The van der Waals surface area contributed by atoms with Crippen LogP contribution < -0.4 is 10.2 Å². The molecular weight excluding hydrogens is 294 g/mol. The Labute approximate surface area is 136 Å². The van der Waals surface area contributed by atoms with Gasteiger partial charge >= 0.3 is 6.03 Å². The third-order valence-corrected chi connectivity index (χ3v) is 5.10. The molecule has 7 nitrogen and oxygen atoms in total. The molecule has 0 radical (unpaired) electrons. The molecule has 1 saturated heterocycles. The van der Waals surface area contributed by atoms with Crippen LogP contribution >= 0.6 is 0 Å². The number of hydrogen-bond donors (Lipinski definition) is 2. The third-order valence-electron chi connectivity index (χ3n) is 5.10. The second-order valence-electron chi connectivity index (χ2n) is 6.78. The molecule has 7 heteroatoms. The molecular formula is C16H25N5O2. The number of aromatic nitrogens is 2. The van der Waals surface area contributed by atoms with Gasteiger partial charge in [-0.2, -0.15) is 4.98 Å². The van der Waals surface area contributed by atoms with Gasteiger partial charge in [0.05, 0.1) is 5.60 Å². The minimum Gasteiger partial charge on any atom is -0.389 e. The lowest BCUT2D eigenvalue weighted by molar-refractivity contribution is -0.0845. The SMILES string of the molecule is CN(C)c1ccnc(NC(=O)N2CCC(O)(C3CCC3)CC2)n1. The largest absolute Gasteiger partial charge is 0.389 e. The van der Waals surface area contributed by atoms with Crippen molar-refractivity contribution in [2.75, 3.05) is 37.4 Å². The van der Waals surface area contributed by atoms with Crippen LogP contribution in [-0.4, -0.2) is 58.8 Å². The van der Waals surface area contributed by atoms with Crippen molar-refractivity contribution in [3.63, 3.8) is 0 Å². The van der Waals surface area contributed by atoms with E-state index in [1.165, 1.54) is 6.42 Å². The number of nitrogens with zero attached hydrogens (tertiary/aromatic N) is 4. The van der Waals surface area contributed by atoms with Gasteiger partial charge in [0.25, 0.3) is 0 Å². The molecule has 1 saturated carbocycles. The van der Waals surface area contributed by atoms with Crippen LogP contribution in [0.4, 0.5) is 16.6 Å². The van der Waals surface area contributed by atoms with E-state index >= 15 is 0 Å². The number of rotatable bonds is 3. The van der Waals surface area contributed by atoms with Crippen LogP contribution in [0.1, 0.15) is 32.1 Å². The minimum atomic E-state index is -0.573. The second-order valence-corrected chi connectivity index (χ2v) is 6.78. The maximum atomic E-state index is 12.4. The number of carbonyl (C=O) groups is 1. The summed E-state index contributed by atoms with van der Waals surface area (Å²) in [5.74, 6) is 1.47. The Morgan fingerprint density at radius 3 is 2.65 bits per heavy atom. The van der Waals surface area contributed by atoms with E-state index in [-0.39, 0.29) is 6.03 Å². The topological polar surface area (TPSA) is 81.6 Å². The van der Waals surface area contributed by atoms with Gasteiger partial charge in [0.2, 0.25) is 5.95 Å². The van der Waals surface area contributed by atoms with Gasteiger partial charge in [-0.25, -0.2) is 9.78 Å². The summed E-state index contributed by atoms with van der Waals surface area (Å²) >= 11 is 0. The summed E-state index contributed by atoms with van der Waals surface area (Å²) in [7, 11) is 3.78. The zero-order chi connectivity index (χ0) is 16.4. The molecule has 0 aromatic carbocycles. The minimum absolute atomic E-state index is 0.198. The number of aliphatic hydroxyl groups is 1. The summed E-state index contributed by atoms with van der Waals surface area (Å²) in [6.07, 6.45) is 6.40. The van der Waals surface area contributed by atoms with E-state index in [0.717, 1.165) is 18.7 Å². The van der Waals surface area contributed by atoms with E-state index in [4.69, 9.17) is 0 Å². The standard InChI is InChI=1S/C16H25N5O2/c1-20(2)13-6-9-17-14(18-13)19-15(22)21-10-7-16(23,8-11-21)12-4-3-5-12/h6,9,12,23H,3-5,7-8,10-11H2,1-2H3,(H,17,18,19,22). The van der Waals surface area contributed by atoms with Gasteiger partial charge in [-0.1, -0.05) is 6.42 Å². The summed E-state index contributed by atoms with van der Waals surface area (Å²) in [6, 6.07) is 1.59. The van der Waals surface area contributed by atoms with Crippen LogP contribution in [-0.2, 0) is 0 Å². The van der Waals surface area contributed by atoms with E-state index in [1.54, 1.807) is 17.2 Å². The zero-order valence-corrected chi connectivity index (χ0v) is 13.8. The Hall–Kier alpha value is -1.89. The van der Waals surface area contributed by atoms with E-state index in [2.05, 4.69) is 15.3 Å². The van der Waals surface area contributed by atoms with Crippen molar-refractivity contribution >= 4 is 17.8 Å². The van der Waals surface area contributed by atoms with Crippen molar-refractivity contribution in [2.45, 2.75) is 37.7 Å². The predicted octanol–water partition coefficient (Wildman–Crippen LogP) is 1.70. The Morgan fingerprint density at radius 2 is 2.09 bits per heavy atom. The monoisotopic (exact) mass is 319 g/mol. The zero-order valence-electron chi connectivity index (χ0n) is 13.8. The van der Waals surface area contributed by atoms with Gasteiger partial charge in [0.15, 0.2) is 0 Å². The Kier molecular flexibility index (Phi) is 4.39.